The maximum absolute atomic E-state index is 11.9. The Hall–Kier alpha value is -2.01. The summed E-state index contributed by atoms with van der Waals surface area (Å²) in [4.78, 5) is 34.4. The third kappa shape index (κ3) is 3.49. The van der Waals surface area contributed by atoms with E-state index in [9.17, 15) is 14.4 Å². The van der Waals surface area contributed by atoms with Crippen LogP contribution in [0.3, 0.4) is 0 Å². The second-order valence-electron chi connectivity index (χ2n) is 3.60. The van der Waals surface area contributed by atoms with E-state index in [0.717, 1.165) is 0 Å². The van der Waals surface area contributed by atoms with Crippen molar-refractivity contribution < 1.29 is 19.1 Å². The molecule has 0 aromatic heterocycles. The molecule has 5 heteroatoms. The number of hydrogen-bond donors (Lipinski definition) is 1. The zero-order chi connectivity index (χ0) is 13.5. The van der Waals surface area contributed by atoms with Crippen LogP contribution in [-0.2, 0) is 20.9 Å². The lowest BCUT2D eigenvalue weighted by atomic mass is 10.0. The van der Waals surface area contributed by atoms with Gasteiger partial charge in [0.2, 0.25) is 5.78 Å². The van der Waals surface area contributed by atoms with Gasteiger partial charge in [-0.3, -0.25) is 9.59 Å². The lowest BCUT2D eigenvalue weighted by Gasteiger charge is -2.05. The molecule has 1 aromatic rings. The van der Waals surface area contributed by atoms with Gasteiger partial charge in [0.1, 0.15) is 0 Å². The molecule has 0 aliphatic carbocycles. The smallest absolute Gasteiger partial charge is 0.375 e. The van der Waals surface area contributed by atoms with E-state index in [1.807, 2.05) is 0 Å². The normalized spacial score (nSPS) is 9.89. The lowest BCUT2D eigenvalue weighted by Crippen LogP contribution is -2.21. The summed E-state index contributed by atoms with van der Waals surface area (Å²) in [5.41, 5.74) is 6.52. The quantitative estimate of drug-likeness (QED) is 0.349. The minimum atomic E-state index is -0.976. The van der Waals surface area contributed by atoms with Crippen LogP contribution in [-0.4, -0.2) is 24.1 Å². The zero-order valence-electron chi connectivity index (χ0n) is 10.1. The molecule has 2 N–H and O–H groups in total. The summed E-state index contributed by atoms with van der Waals surface area (Å²) in [6.07, 6.45) is -0.490. The number of carbonyl (C=O) groups excluding carboxylic acids is 3. The minimum Gasteiger partial charge on any atom is -0.460 e. The van der Waals surface area contributed by atoms with E-state index in [0.29, 0.717) is 11.1 Å². The van der Waals surface area contributed by atoms with Gasteiger partial charge in [-0.25, -0.2) is 4.79 Å². The average Bonchev–Trinajstić information content (AvgIpc) is 2.38. The van der Waals surface area contributed by atoms with Crippen molar-refractivity contribution in [2.45, 2.75) is 19.9 Å². The predicted octanol–water partition coefficient (Wildman–Crippen LogP) is 0.850. The number of benzene rings is 1. The number of carbonyl (C=O) groups is 3. The molecule has 0 fully saturated rings. The number of ketones is 2. The molecule has 5 nitrogen and oxygen atoms in total. The topological polar surface area (TPSA) is 86.5 Å². The standard InChI is InChI=1S/C13H15NO4/c1-2-18-13(17)12(16)7-11(15)10-6-4-3-5-9(10)8-14/h3-6H,2,7-8,14H2,1H3. The molecule has 0 spiro atoms. The SMILES string of the molecule is CCOC(=O)C(=O)CC(=O)c1ccccc1CN. The van der Waals surface area contributed by atoms with Crippen LogP contribution in [0.15, 0.2) is 24.3 Å². The second-order valence-corrected chi connectivity index (χ2v) is 3.60. The molecule has 0 saturated carbocycles. The molecule has 0 atom stereocenters. The third-order valence-electron chi connectivity index (χ3n) is 2.36. The molecule has 0 amide bonds. The highest BCUT2D eigenvalue weighted by Gasteiger charge is 2.21. The number of hydrogen-bond acceptors (Lipinski definition) is 5. The maximum Gasteiger partial charge on any atom is 0.375 e. The molecule has 0 bridgehead atoms. The van der Waals surface area contributed by atoms with Gasteiger partial charge < -0.3 is 10.5 Å². The van der Waals surface area contributed by atoms with Gasteiger partial charge in [-0.1, -0.05) is 24.3 Å². The Kier molecular flexibility index (Phi) is 5.20. The van der Waals surface area contributed by atoms with E-state index in [1.165, 1.54) is 0 Å². The fourth-order valence-corrected chi connectivity index (χ4v) is 1.50. The van der Waals surface area contributed by atoms with Gasteiger partial charge in [0, 0.05) is 12.1 Å². The van der Waals surface area contributed by atoms with E-state index in [2.05, 4.69) is 4.74 Å². The molecule has 0 radical (unpaired) electrons. The molecule has 0 heterocycles. The molecule has 1 aromatic carbocycles. The monoisotopic (exact) mass is 249 g/mol. The first-order valence-electron chi connectivity index (χ1n) is 5.61. The number of nitrogens with two attached hydrogens (primary N) is 1. The summed E-state index contributed by atoms with van der Waals surface area (Å²) >= 11 is 0. The van der Waals surface area contributed by atoms with Crippen molar-refractivity contribution in [2.75, 3.05) is 6.61 Å². The van der Waals surface area contributed by atoms with Gasteiger partial charge in [-0.05, 0) is 12.5 Å². The first-order chi connectivity index (χ1) is 8.60. The fraction of sp³-hybridized carbons (Fsp3) is 0.308. The van der Waals surface area contributed by atoms with Gasteiger partial charge in [-0.15, -0.1) is 0 Å². The molecular weight excluding hydrogens is 234 g/mol. The second kappa shape index (κ2) is 6.66. The van der Waals surface area contributed by atoms with E-state index >= 15 is 0 Å². The van der Waals surface area contributed by atoms with Crippen LogP contribution in [0.5, 0.6) is 0 Å². The number of ether oxygens (including phenoxy) is 1. The molecule has 1 rings (SSSR count). The molecule has 96 valence electrons. The van der Waals surface area contributed by atoms with Crippen LogP contribution < -0.4 is 5.73 Å². The Morgan fingerprint density at radius 1 is 1.22 bits per heavy atom. The third-order valence-corrected chi connectivity index (χ3v) is 2.36. The minimum absolute atomic E-state index is 0.109. The van der Waals surface area contributed by atoms with E-state index in [4.69, 9.17) is 5.73 Å². The zero-order valence-corrected chi connectivity index (χ0v) is 10.1. The van der Waals surface area contributed by atoms with Crippen molar-refractivity contribution in [2.24, 2.45) is 5.73 Å². The highest BCUT2D eigenvalue weighted by Crippen LogP contribution is 2.11. The van der Waals surface area contributed by atoms with Gasteiger partial charge in [0.15, 0.2) is 5.78 Å². The van der Waals surface area contributed by atoms with E-state index in [1.54, 1.807) is 31.2 Å². The Morgan fingerprint density at radius 3 is 2.50 bits per heavy atom. The van der Waals surface area contributed by atoms with Crippen molar-refractivity contribution in [3.05, 3.63) is 35.4 Å². The van der Waals surface area contributed by atoms with Crippen molar-refractivity contribution in [3.8, 4) is 0 Å². The highest BCUT2D eigenvalue weighted by atomic mass is 16.5. The average molecular weight is 249 g/mol. The van der Waals surface area contributed by atoms with Gasteiger partial charge >= 0.3 is 5.97 Å². The van der Waals surface area contributed by atoms with Crippen molar-refractivity contribution >= 4 is 17.5 Å². The van der Waals surface area contributed by atoms with Gasteiger partial charge in [0.05, 0.1) is 13.0 Å². The summed E-state index contributed by atoms with van der Waals surface area (Å²) in [6.45, 7) is 1.91. The maximum atomic E-state index is 11.9. The Balaban J connectivity index is 2.77. The summed E-state index contributed by atoms with van der Waals surface area (Å²) in [6, 6.07) is 6.73. The van der Waals surface area contributed by atoms with Crippen LogP contribution in [0.4, 0.5) is 0 Å². The summed E-state index contributed by atoms with van der Waals surface area (Å²) < 4.78 is 4.53. The van der Waals surface area contributed by atoms with E-state index in [-0.39, 0.29) is 13.2 Å². The Morgan fingerprint density at radius 2 is 1.89 bits per heavy atom. The predicted molar refractivity (Wildman–Crippen MR) is 64.9 cm³/mol. The number of Topliss-reactive ketones (excluding diaryl/α,β-unsaturated/α-hetero) is 2. The summed E-state index contributed by atoms with van der Waals surface area (Å²) in [7, 11) is 0. The lowest BCUT2D eigenvalue weighted by molar-refractivity contribution is -0.153. The van der Waals surface area contributed by atoms with Crippen LogP contribution in [0.2, 0.25) is 0 Å². The summed E-state index contributed by atoms with van der Waals surface area (Å²) in [5, 5.41) is 0. The highest BCUT2D eigenvalue weighted by molar-refractivity contribution is 6.38. The van der Waals surface area contributed by atoms with Crippen LogP contribution in [0.25, 0.3) is 0 Å². The van der Waals surface area contributed by atoms with Gasteiger partial charge in [0.25, 0.3) is 0 Å². The number of esters is 1. The van der Waals surface area contributed by atoms with Gasteiger partial charge in [-0.2, -0.15) is 0 Å². The van der Waals surface area contributed by atoms with Crippen molar-refractivity contribution in [1.29, 1.82) is 0 Å². The largest absolute Gasteiger partial charge is 0.460 e. The first-order valence-corrected chi connectivity index (χ1v) is 5.61. The summed E-state index contributed by atoms with van der Waals surface area (Å²) in [5.74, 6) is -2.24. The molecule has 0 unspecified atom stereocenters. The molecule has 18 heavy (non-hydrogen) atoms. The van der Waals surface area contributed by atoms with Crippen LogP contribution in [0, 0.1) is 0 Å². The Labute approximate surface area is 105 Å². The Bertz CT molecular complexity index is 468. The van der Waals surface area contributed by atoms with Crippen LogP contribution in [0.1, 0.15) is 29.3 Å². The fourth-order valence-electron chi connectivity index (χ4n) is 1.50. The first kappa shape index (κ1) is 14.1. The molecule has 0 aliphatic rings. The van der Waals surface area contributed by atoms with Crippen molar-refractivity contribution in [1.82, 2.24) is 0 Å². The molecule has 0 aliphatic heterocycles. The van der Waals surface area contributed by atoms with Crippen molar-refractivity contribution in [3.63, 3.8) is 0 Å². The van der Waals surface area contributed by atoms with Crippen LogP contribution >= 0.6 is 0 Å². The molecule has 0 saturated heterocycles. The number of rotatable bonds is 6. The van der Waals surface area contributed by atoms with E-state index < -0.39 is 24.0 Å². The molecular formula is C13H15NO4.